The molecule has 0 radical (unpaired) electrons. The fourth-order valence-electron chi connectivity index (χ4n) is 0.999. The van der Waals surface area contributed by atoms with Crippen molar-refractivity contribution < 1.29 is 9.18 Å². The Hall–Kier alpha value is -0.600. The van der Waals surface area contributed by atoms with E-state index in [2.05, 4.69) is 0 Å². The average Bonchev–Trinajstić information content (AvgIpc) is 2.10. The summed E-state index contributed by atoms with van der Waals surface area (Å²) in [5, 5.41) is -0.0477. The maximum Gasteiger partial charge on any atom is 0.180 e. The third-order valence-electron chi connectivity index (χ3n) is 1.59. The summed E-state index contributed by atoms with van der Waals surface area (Å²) in [6.45, 7) is 1.73. The van der Waals surface area contributed by atoms with E-state index in [0.29, 0.717) is 0 Å². The molecule has 0 bridgehead atoms. The Balaban J connectivity index is 3.28. The van der Waals surface area contributed by atoms with Gasteiger partial charge in [-0.15, -0.1) is 11.6 Å². The minimum Gasteiger partial charge on any atom is -0.293 e. The molecular formula is C9H7Cl2FO. The van der Waals surface area contributed by atoms with Crippen LogP contribution in [0.25, 0.3) is 0 Å². The molecule has 0 aliphatic carbocycles. The van der Waals surface area contributed by atoms with Gasteiger partial charge in [-0.2, -0.15) is 0 Å². The SMILES string of the molecule is Cc1cc(Cl)c(F)c(C(=O)CCl)c1. The van der Waals surface area contributed by atoms with Gasteiger partial charge < -0.3 is 0 Å². The van der Waals surface area contributed by atoms with Gasteiger partial charge in [0.15, 0.2) is 11.6 Å². The highest BCUT2D eigenvalue weighted by atomic mass is 35.5. The predicted molar refractivity (Wildman–Crippen MR) is 51.2 cm³/mol. The molecule has 0 unspecified atom stereocenters. The van der Waals surface area contributed by atoms with Crippen LogP contribution in [-0.2, 0) is 0 Å². The first kappa shape index (κ1) is 10.5. The second kappa shape index (κ2) is 4.07. The van der Waals surface area contributed by atoms with Gasteiger partial charge in [0, 0.05) is 0 Å². The summed E-state index contributed by atoms with van der Waals surface area (Å²) in [7, 11) is 0. The molecule has 4 heteroatoms. The molecule has 13 heavy (non-hydrogen) atoms. The number of aryl methyl sites for hydroxylation is 1. The van der Waals surface area contributed by atoms with Crippen LogP contribution in [0, 0.1) is 12.7 Å². The van der Waals surface area contributed by atoms with Crippen LogP contribution < -0.4 is 0 Å². The van der Waals surface area contributed by atoms with Crippen LogP contribution in [0.4, 0.5) is 4.39 Å². The Bertz CT molecular complexity index is 350. The number of carbonyl (C=O) groups excluding carboxylic acids is 1. The van der Waals surface area contributed by atoms with E-state index < -0.39 is 11.6 Å². The highest BCUT2D eigenvalue weighted by Crippen LogP contribution is 2.21. The van der Waals surface area contributed by atoms with Crippen molar-refractivity contribution in [3.8, 4) is 0 Å². The molecule has 0 heterocycles. The van der Waals surface area contributed by atoms with Crippen LogP contribution in [0.2, 0.25) is 5.02 Å². The lowest BCUT2D eigenvalue weighted by molar-refractivity contribution is 0.101. The molecule has 0 atom stereocenters. The summed E-state index contributed by atoms with van der Waals surface area (Å²) in [5.41, 5.74) is 0.694. The van der Waals surface area contributed by atoms with Crippen LogP contribution in [0.5, 0.6) is 0 Å². The number of rotatable bonds is 2. The molecule has 0 saturated carbocycles. The second-order valence-corrected chi connectivity index (χ2v) is 3.34. The number of hydrogen-bond donors (Lipinski definition) is 0. The van der Waals surface area contributed by atoms with Crippen molar-refractivity contribution in [3.05, 3.63) is 34.1 Å². The van der Waals surface area contributed by atoms with E-state index in [1.54, 1.807) is 6.92 Å². The first-order chi connectivity index (χ1) is 6.06. The van der Waals surface area contributed by atoms with Crippen molar-refractivity contribution in [1.82, 2.24) is 0 Å². The number of Topliss-reactive ketones (excluding diaryl/α,β-unsaturated/α-hetero) is 1. The zero-order chi connectivity index (χ0) is 10.0. The molecule has 1 aromatic carbocycles. The van der Waals surface area contributed by atoms with Crippen LogP contribution in [-0.4, -0.2) is 11.7 Å². The summed E-state index contributed by atoms with van der Waals surface area (Å²) in [4.78, 5) is 11.1. The minimum atomic E-state index is -0.696. The highest BCUT2D eigenvalue weighted by molar-refractivity contribution is 6.33. The highest BCUT2D eigenvalue weighted by Gasteiger charge is 2.13. The number of benzene rings is 1. The molecule has 0 fully saturated rings. The lowest BCUT2D eigenvalue weighted by Gasteiger charge is -2.03. The van der Waals surface area contributed by atoms with E-state index in [-0.39, 0.29) is 16.5 Å². The Morgan fingerprint density at radius 2 is 2.15 bits per heavy atom. The van der Waals surface area contributed by atoms with Crippen LogP contribution in [0.1, 0.15) is 15.9 Å². The smallest absolute Gasteiger partial charge is 0.180 e. The lowest BCUT2D eigenvalue weighted by atomic mass is 10.1. The van der Waals surface area contributed by atoms with Crippen molar-refractivity contribution in [2.45, 2.75) is 6.92 Å². The Morgan fingerprint density at radius 3 is 2.69 bits per heavy atom. The third-order valence-corrected chi connectivity index (χ3v) is 2.11. The summed E-state index contributed by atoms with van der Waals surface area (Å²) in [6, 6.07) is 2.90. The van der Waals surface area contributed by atoms with E-state index in [0.717, 1.165) is 5.56 Å². The lowest BCUT2D eigenvalue weighted by Crippen LogP contribution is -2.04. The van der Waals surface area contributed by atoms with E-state index in [4.69, 9.17) is 23.2 Å². The Labute approximate surface area is 85.5 Å². The summed E-state index contributed by atoms with van der Waals surface area (Å²) >= 11 is 10.9. The maximum absolute atomic E-state index is 13.2. The van der Waals surface area contributed by atoms with Gasteiger partial charge in [0.2, 0.25) is 0 Å². The first-order valence-electron chi connectivity index (χ1n) is 3.61. The van der Waals surface area contributed by atoms with Gasteiger partial charge in [-0.25, -0.2) is 4.39 Å². The van der Waals surface area contributed by atoms with Crippen molar-refractivity contribution in [2.24, 2.45) is 0 Å². The number of ketones is 1. The number of carbonyl (C=O) groups is 1. The van der Waals surface area contributed by atoms with E-state index in [1.807, 2.05) is 0 Å². The molecule has 0 aliphatic heterocycles. The number of halogens is 3. The molecule has 1 rings (SSSR count). The minimum absolute atomic E-state index is 0.0417. The molecule has 0 aromatic heterocycles. The van der Waals surface area contributed by atoms with E-state index >= 15 is 0 Å². The zero-order valence-corrected chi connectivity index (χ0v) is 8.42. The van der Waals surface area contributed by atoms with Gasteiger partial charge in [0.25, 0.3) is 0 Å². The number of hydrogen-bond acceptors (Lipinski definition) is 1. The molecule has 0 saturated heterocycles. The van der Waals surface area contributed by atoms with Gasteiger partial charge in [0.1, 0.15) is 0 Å². The molecule has 70 valence electrons. The summed E-state index contributed by atoms with van der Waals surface area (Å²) in [5.74, 6) is -1.39. The zero-order valence-electron chi connectivity index (χ0n) is 6.90. The van der Waals surface area contributed by atoms with Gasteiger partial charge in [-0.3, -0.25) is 4.79 Å². The summed E-state index contributed by atoms with van der Waals surface area (Å²) < 4.78 is 13.2. The van der Waals surface area contributed by atoms with Crippen molar-refractivity contribution in [1.29, 1.82) is 0 Å². The summed E-state index contributed by atoms with van der Waals surface area (Å²) in [6.07, 6.45) is 0. The van der Waals surface area contributed by atoms with Crippen molar-refractivity contribution >= 4 is 29.0 Å². The van der Waals surface area contributed by atoms with Crippen molar-refractivity contribution in [2.75, 3.05) is 5.88 Å². The molecule has 0 amide bonds. The second-order valence-electron chi connectivity index (χ2n) is 2.67. The maximum atomic E-state index is 13.2. The van der Waals surface area contributed by atoms with Gasteiger partial charge >= 0.3 is 0 Å². The van der Waals surface area contributed by atoms with E-state index in [1.165, 1.54) is 12.1 Å². The van der Waals surface area contributed by atoms with Crippen LogP contribution in [0.3, 0.4) is 0 Å². The molecule has 0 spiro atoms. The van der Waals surface area contributed by atoms with Crippen LogP contribution in [0.15, 0.2) is 12.1 Å². The predicted octanol–water partition coefficient (Wildman–Crippen LogP) is 3.21. The first-order valence-corrected chi connectivity index (χ1v) is 4.52. The van der Waals surface area contributed by atoms with Gasteiger partial charge in [-0.1, -0.05) is 11.6 Å². The molecule has 0 aliphatic rings. The van der Waals surface area contributed by atoms with Crippen LogP contribution >= 0.6 is 23.2 Å². The average molecular weight is 221 g/mol. The molecular weight excluding hydrogens is 214 g/mol. The van der Waals surface area contributed by atoms with E-state index in [9.17, 15) is 9.18 Å². The Morgan fingerprint density at radius 1 is 1.54 bits per heavy atom. The fraction of sp³-hybridized carbons (Fsp3) is 0.222. The normalized spacial score (nSPS) is 10.2. The molecule has 0 N–H and O–H groups in total. The van der Waals surface area contributed by atoms with Gasteiger partial charge in [-0.05, 0) is 24.6 Å². The standard InChI is InChI=1S/C9H7Cl2FO/c1-5-2-6(8(13)4-10)9(12)7(11)3-5/h2-3H,4H2,1H3. The Kier molecular flexibility index (Phi) is 3.28. The third kappa shape index (κ3) is 2.20. The largest absolute Gasteiger partial charge is 0.293 e. The number of alkyl halides is 1. The monoisotopic (exact) mass is 220 g/mol. The van der Waals surface area contributed by atoms with Crippen molar-refractivity contribution in [3.63, 3.8) is 0 Å². The fourth-order valence-corrected chi connectivity index (χ4v) is 1.42. The molecule has 1 nitrogen and oxygen atoms in total. The molecule has 1 aromatic rings. The topological polar surface area (TPSA) is 17.1 Å². The van der Waals surface area contributed by atoms with Gasteiger partial charge in [0.05, 0.1) is 16.5 Å². The quantitative estimate of drug-likeness (QED) is 0.553.